The first-order valence-electron chi connectivity index (χ1n) is 8.67. The first kappa shape index (κ1) is 21.6. The Morgan fingerprint density at radius 2 is 2.04 bits per heavy atom. The number of hydrogen-bond donors (Lipinski definition) is 1. The maximum absolute atomic E-state index is 12.4. The van der Waals surface area contributed by atoms with E-state index in [0.29, 0.717) is 13.1 Å². The summed E-state index contributed by atoms with van der Waals surface area (Å²) in [5.74, 6) is -0.174. The summed E-state index contributed by atoms with van der Waals surface area (Å²) in [4.78, 5) is 38.8. The van der Waals surface area contributed by atoms with Crippen LogP contribution in [0.1, 0.15) is 34.6 Å². The molecule has 1 aliphatic rings. The van der Waals surface area contributed by atoms with Crippen LogP contribution < -0.4 is 10.9 Å². The van der Waals surface area contributed by atoms with Gasteiger partial charge in [-0.25, -0.2) is 4.79 Å². The van der Waals surface area contributed by atoms with Gasteiger partial charge in [0, 0.05) is 30.2 Å². The van der Waals surface area contributed by atoms with Crippen LogP contribution in [0.2, 0.25) is 0 Å². The van der Waals surface area contributed by atoms with Gasteiger partial charge in [0.2, 0.25) is 5.91 Å². The number of likely N-dealkylation sites (tertiary alicyclic amines) is 1. The predicted octanol–water partition coefficient (Wildman–Crippen LogP) is 2.65. The average molecular weight is 416 g/mol. The molecule has 0 radical (unpaired) electrons. The van der Waals surface area contributed by atoms with Crippen molar-refractivity contribution in [2.45, 2.75) is 61.9 Å². The smallest absolute Gasteiger partial charge is 0.408 e. The SMILES string of the molecule is CC(Cl)Sc1ccn(CC(=O)N2CC(C)(NC(=O)OC(C)(C)C)C2)c(=O)c1. The molecule has 0 aromatic carbocycles. The summed E-state index contributed by atoms with van der Waals surface area (Å²) in [5.41, 5.74) is -1.35. The molecule has 27 heavy (non-hydrogen) atoms. The Bertz CT molecular complexity index is 767. The van der Waals surface area contributed by atoms with Crippen LogP contribution in [0.4, 0.5) is 4.79 Å². The highest BCUT2D eigenvalue weighted by molar-refractivity contribution is 8.01. The number of ether oxygens (including phenoxy) is 1. The van der Waals surface area contributed by atoms with Gasteiger partial charge in [-0.2, -0.15) is 0 Å². The fraction of sp³-hybridized carbons (Fsp3) is 0.611. The van der Waals surface area contributed by atoms with E-state index in [4.69, 9.17) is 16.3 Å². The van der Waals surface area contributed by atoms with E-state index in [1.54, 1.807) is 37.9 Å². The molecule has 2 amide bonds. The molecule has 1 aromatic rings. The molecule has 1 atom stereocenters. The molecule has 2 heterocycles. The summed E-state index contributed by atoms with van der Waals surface area (Å²) in [7, 11) is 0. The van der Waals surface area contributed by atoms with Gasteiger partial charge in [-0.1, -0.05) is 0 Å². The van der Waals surface area contributed by atoms with Gasteiger partial charge in [0.25, 0.3) is 5.56 Å². The number of pyridine rings is 1. The van der Waals surface area contributed by atoms with Crippen LogP contribution >= 0.6 is 23.4 Å². The van der Waals surface area contributed by atoms with Crippen LogP contribution in [0.5, 0.6) is 0 Å². The number of carbonyl (C=O) groups is 2. The lowest BCUT2D eigenvalue weighted by molar-refractivity contribution is -0.140. The average Bonchev–Trinajstić information content (AvgIpc) is 2.44. The fourth-order valence-electron chi connectivity index (χ4n) is 2.73. The molecule has 150 valence electrons. The fourth-order valence-corrected chi connectivity index (χ4v) is 3.72. The van der Waals surface area contributed by atoms with Crippen molar-refractivity contribution in [2.24, 2.45) is 0 Å². The second-order valence-electron chi connectivity index (χ2n) is 7.93. The summed E-state index contributed by atoms with van der Waals surface area (Å²) in [5, 5.41) is 2.80. The van der Waals surface area contributed by atoms with Gasteiger partial charge in [-0.3, -0.25) is 9.59 Å². The molecule has 9 heteroatoms. The van der Waals surface area contributed by atoms with Gasteiger partial charge >= 0.3 is 6.09 Å². The van der Waals surface area contributed by atoms with Crippen molar-refractivity contribution < 1.29 is 14.3 Å². The maximum atomic E-state index is 12.4. The zero-order valence-electron chi connectivity index (χ0n) is 16.2. The van der Waals surface area contributed by atoms with Crippen LogP contribution in [0.3, 0.4) is 0 Å². The third-order valence-corrected chi connectivity index (χ3v) is 4.92. The molecule has 0 spiro atoms. The third kappa shape index (κ3) is 6.46. The van der Waals surface area contributed by atoms with Gasteiger partial charge < -0.3 is 19.5 Å². The van der Waals surface area contributed by atoms with Crippen molar-refractivity contribution in [3.05, 3.63) is 28.7 Å². The lowest BCUT2D eigenvalue weighted by Crippen LogP contribution is -2.70. The Hall–Kier alpha value is -1.67. The molecule has 1 N–H and O–H groups in total. The number of hydrogen-bond acceptors (Lipinski definition) is 5. The van der Waals surface area contributed by atoms with Gasteiger partial charge in [0.1, 0.15) is 12.1 Å². The van der Waals surface area contributed by atoms with Crippen LogP contribution in [-0.2, 0) is 16.1 Å². The van der Waals surface area contributed by atoms with Gasteiger partial charge in [0.05, 0.1) is 10.2 Å². The van der Waals surface area contributed by atoms with E-state index in [-0.39, 0.29) is 22.7 Å². The summed E-state index contributed by atoms with van der Waals surface area (Å²) in [6.45, 7) is 9.76. The van der Waals surface area contributed by atoms with E-state index in [9.17, 15) is 14.4 Å². The number of alkyl carbamates (subject to hydrolysis) is 1. The van der Waals surface area contributed by atoms with Crippen LogP contribution in [0, 0.1) is 0 Å². The third-order valence-electron chi connectivity index (χ3n) is 3.81. The monoisotopic (exact) mass is 415 g/mol. The highest BCUT2D eigenvalue weighted by atomic mass is 35.5. The van der Waals surface area contributed by atoms with Crippen molar-refractivity contribution in [3.63, 3.8) is 0 Å². The summed E-state index contributed by atoms with van der Waals surface area (Å²) < 4.78 is 6.47. The molecule has 1 unspecified atom stereocenters. The predicted molar refractivity (Wildman–Crippen MR) is 106 cm³/mol. The van der Waals surface area contributed by atoms with E-state index >= 15 is 0 Å². The maximum Gasteiger partial charge on any atom is 0.408 e. The topological polar surface area (TPSA) is 80.6 Å². The van der Waals surface area contributed by atoms with Crippen LogP contribution in [-0.4, -0.2) is 50.4 Å². The second-order valence-corrected chi connectivity index (χ2v) is 10.3. The number of rotatable bonds is 5. The van der Waals surface area contributed by atoms with Gasteiger partial charge in [-0.15, -0.1) is 23.4 Å². The highest BCUT2D eigenvalue weighted by Crippen LogP contribution is 2.24. The minimum atomic E-state index is -0.577. The molecule has 0 saturated carbocycles. The molecular weight excluding hydrogens is 390 g/mol. The van der Waals surface area contributed by atoms with E-state index in [2.05, 4.69) is 5.32 Å². The number of amides is 2. The first-order chi connectivity index (χ1) is 12.4. The Labute approximate surface area is 168 Å². The highest BCUT2D eigenvalue weighted by Gasteiger charge is 2.43. The lowest BCUT2D eigenvalue weighted by atomic mass is 9.92. The van der Waals surface area contributed by atoms with E-state index < -0.39 is 17.2 Å². The number of nitrogens with zero attached hydrogens (tertiary/aromatic N) is 2. The Balaban J connectivity index is 1.88. The Kier molecular flexibility index (Phi) is 6.52. The zero-order chi connectivity index (χ0) is 20.4. The minimum absolute atomic E-state index is 0.0390. The van der Waals surface area contributed by atoms with Crippen molar-refractivity contribution in [2.75, 3.05) is 13.1 Å². The summed E-state index contributed by atoms with van der Waals surface area (Å²) in [6, 6.07) is 3.24. The zero-order valence-corrected chi connectivity index (χ0v) is 17.8. The van der Waals surface area contributed by atoms with E-state index in [1.807, 2.05) is 13.8 Å². The molecule has 1 aliphatic heterocycles. The Morgan fingerprint density at radius 3 is 2.56 bits per heavy atom. The molecule has 1 fully saturated rings. The normalized spacial score (nSPS) is 17.0. The lowest BCUT2D eigenvalue weighted by Gasteiger charge is -2.48. The number of nitrogens with one attached hydrogen (secondary N) is 1. The molecule has 2 rings (SSSR count). The molecule has 0 aliphatic carbocycles. The second kappa shape index (κ2) is 8.14. The van der Waals surface area contributed by atoms with E-state index in [1.165, 1.54) is 22.4 Å². The number of thioether (sulfide) groups is 1. The van der Waals surface area contributed by atoms with Gasteiger partial charge in [0.15, 0.2) is 0 Å². The molecule has 7 nitrogen and oxygen atoms in total. The minimum Gasteiger partial charge on any atom is -0.444 e. The number of alkyl halides is 1. The molecular formula is C18H26ClN3O4S. The van der Waals surface area contributed by atoms with E-state index in [0.717, 1.165) is 4.90 Å². The number of halogens is 1. The van der Waals surface area contributed by atoms with Crippen molar-refractivity contribution in [3.8, 4) is 0 Å². The number of aromatic nitrogens is 1. The van der Waals surface area contributed by atoms with Crippen molar-refractivity contribution in [1.29, 1.82) is 0 Å². The molecule has 1 saturated heterocycles. The quantitative estimate of drug-likeness (QED) is 0.590. The van der Waals surface area contributed by atoms with Crippen LogP contribution in [0.25, 0.3) is 0 Å². The molecule has 1 aromatic heterocycles. The summed E-state index contributed by atoms with van der Waals surface area (Å²) >= 11 is 7.29. The van der Waals surface area contributed by atoms with Crippen molar-refractivity contribution >= 4 is 35.4 Å². The number of carbonyl (C=O) groups excluding carboxylic acids is 2. The first-order valence-corrected chi connectivity index (χ1v) is 9.99. The van der Waals surface area contributed by atoms with Gasteiger partial charge in [-0.05, 0) is 40.7 Å². The van der Waals surface area contributed by atoms with Crippen LogP contribution in [0.15, 0.2) is 28.0 Å². The largest absolute Gasteiger partial charge is 0.444 e. The summed E-state index contributed by atoms with van der Waals surface area (Å²) in [6.07, 6.45) is 1.09. The Morgan fingerprint density at radius 1 is 1.41 bits per heavy atom. The van der Waals surface area contributed by atoms with Crippen molar-refractivity contribution in [1.82, 2.24) is 14.8 Å². The molecule has 0 bridgehead atoms. The standard InChI is InChI=1S/C18H26ClN3O4S/c1-12(19)27-13-6-7-21(14(23)8-13)9-15(24)22-10-18(5,11-22)20-16(25)26-17(2,3)4/h6-8,12H,9-11H2,1-5H3,(H,20,25).